The zero-order valence-electron chi connectivity index (χ0n) is 11.8. The minimum Gasteiger partial charge on any atom is -0.309 e. The molecule has 0 saturated carbocycles. The highest BCUT2D eigenvalue weighted by atomic mass is 19.1. The second-order valence-corrected chi connectivity index (χ2v) is 5.11. The molecule has 0 unspecified atom stereocenters. The van der Waals surface area contributed by atoms with Crippen molar-refractivity contribution in [1.29, 1.82) is 0 Å². The van der Waals surface area contributed by atoms with Gasteiger partial charge in [0.1, 0.15) is 5.82 Å². The lowest BCUT2D eigenvalue weighted by atomic mass is 10.1. The number of hydrogen-bond donors (Lipinski definition) is 1. The molecule has 0 saturated heterocycles. The van der Waals surface area contributed by atoms with Gasteiger partial charge in [-0.25, -0.2) is 4.39 Å². The van der Waals surface area contributed by atoms with E-state index in [0.29, 0.717) is 5.56 Å². The van der Waals surface area contributed by atoms with Crippen LogP contribution in [0.1, 0.15) is 27.8 Å². The molecule has 0 radical (unpaired) electrons. The summed E-state index contributed by atoms with van der Waals surface area (Å²) in [5.74, 6) is -0.141. The fraction of sp³-hybridized carbons (Fsp3) is 0.294. The van der Waals surface area contributed by atoms with Crippen LogP contribution in [-0.4, -0.2) is 0 Å². The topological polar surface area (TPSA) is 12.0 Å². The van der Waals surface area contributed by atoms with E-state index in [1.165, 1.54) is 22.8 Å². The van der Waals surface area contributed by atoms with Crippen LogP contribution in [0.2, 0.25) is 0 Å². The molecule has 0 atom stereocenters. The number of hydrogen-bond acceptors (Lipinski definition) is 1. The van der Waals surface area contributed by atoms with E-state index >= 15 is 0 Å². The lowest BCUT2D eigenvalue weighted by Gasteiger charge is -2.08. The van der Waals surface area contributed by atoms with E-state index in [1.54, 1.807) is 6.92 Å². The van der Waals surface area contributed by atoms with Gasteiger partial charge < -0.3 is 5.32 Å². The zero-order chi connectivity index (χ0) is 13.8. The predicted molar refractivity (Wildman–Crippen MR) is 77.6 cm³/mol. The van der Waals surface area contributed by atoms with E-state index in [1.807, 2.05) is 12.1 Å². The van der Waals surface area contributed by atoms with Crippen LogP contribution in [-0.2, 0) is 13.1 Å². The van der Waals surface area contributed by atoms with Crippen molar-refractivity contribution >= 4 is 0 Å². The van der Waals surface area contributed by atoms with Gasteiger partial charge >= 0.3 is 0 Å². The fourth-order valence-corrected chi connectivity index (χ4v) is 2.08. The standard InChI is InChI=1S/C17H20FN/c1-12-4-5-15(8-13(12)2)10-19-11-16-6-7-17(18)14(3)9-16/h4-9,19H,10-11H2,1-3H3. The molecule has 1 N–H and O–H groups in total. The van der Waals surface area contributed by atoms with Gasteiger partial charge in [0.05, 0.1) is 0 Å². The quantitative estimate of drug-likeness (QED) is 0.871. The van der Waals surface area contributed by atoms with Crippen LogP contribution >= 0.6 is 0 Å². The first-order valence-corrected chi connectivity index (χ1v) is 6.58. The molecule has 0 aromatic heterocycles. The maximum Gasteiger partial charge on any atom is 0.126 e. The van der Waals surface area contributed by atoms with Crippen molar-refractivity contribution in [2.75, 3.05) is 0 Å². The molecule has 2 aromatic rings. The van der Waals surface area contributed by atoms with Crippen LogP contribution in [0.25, 0.3) is 0 Å². The highest BCUT2D eigenvalue weighted by molar-refractivity contribution is 5.30. The molecule has 1 nitrogen and oxygen atoms in total. The van der Waals surface area contributed by atoms with Gasteiger partial charge in [-0.3, -0.25) is 0 Å². The van der Waals surface area contributed by atoms with E-state index in [0.717, 1.165) is 18.7 Å². The van der Waals surface area contributed by atoms with Crippen LogP contribution in [0.15, 0.2) is 36.4 Å². The lowest BCUT2D eigenvalue weighted by Crippen LogP contribution is -2.13. The van der Waals surface area contributed by atoms with E-state index in [4.69, 9.17) is 0 Å². The molecule has 0 heterocycles. The number of aryl methyl sites for hydroxylation is 3. The van der Waals surface area contributed by atoms with Gasteiger partial charge in [-0.1, -0.05) is 30.3 Å². The summed E-state index contributed by atoms with van der Waals surface area (Å²) in [6, 6.07) is 11.7. The maximum atomic E-state index is 13.1. The molecule has 0 fully saturated rings. The Morgan fingerprint density at radius 1 is 0.789 bits per heavy atom. The van der Waals surface area contributed by atoms with Gasteiger partial charge in [0, 0.05) is 13.1 Å². The van der Waals surface area contributed by atoms with Gasteiger partial charge in [-0.05, 0) is 54.7 Å². The van der Waals surface area contributed by atoms with Gasteiger partial charge in [-0.2, -0.15) is 0 Å². The van der Waals surface area contributed by atoms with E-state index in [9.17, 15) is 4.39 Å². The predicted octanol–water partition coefficient (Wildman–Crippen LogP) is 4.04. The van der Waals surface area contributed by atoms with Crippen LogP contribution in [0.5, 0.6) is 0 Å². The minimum absolute atomic E-state index is 0.141. The van der Waals surface area contributed by atoms with Crippen molar-refractivity contribution in [3.63, 3.8) is 0 Å². The largest absolute Gasteiger partial charge is 0.309 e. The van der Waals surface area contributed by atoms with Gasteiger partial charge in [-0.15, -0.1) is 0 Å². The molecule has 0 spiro atoms. The Morgan fingerprint density at radius 2 is 1.37 bits per heavy atom. The molecule has 0 aliphatic rings. The first kappa shape index (κ1) is 13.8. The Kier molecular flexibility index (Phi) is 4.33. The molecule has 0 aliphatic heterocycles. The molecule has 0 aliphatic carbocycles. The summed E-state index contributed by atoms with van der Waals surface area (Å²) in [6.07, 6.45) is 0. The Balaban J connectivity index is 1.92. The first-order valence-electron chi connectivity index (χ1n) is 6.58. The van der Waals surface area contributed by atoms with Crippen molar-refractivity contribution in [3.05, 3.63) is 70.0 Å². The van der Waals surface area contributed by atoms with Crippen molar-refractivity contribution in [2.24, 2.45) is 0 Å². The van der Waals surface area contributed by atoms with Crippen LogP contribution in [0.4, 0.5) is 4.39 Å². The van der Waals surface area contributed by atoms with E-state index < -0.39 is 0 Å². The summed E-state index contributed by atoms with van der Waals surface area (Å²) >= 11 is 0. The Hall–Kier alpha value is -1.67. The SMILES string of the molecule is Cc1ccc(CNCc2ccc(F)c(C)c2)cc1C. The highest BCUT2D eigenvalue weighted by Crippen LogP contribution is 2.11. The maximum absolute atomic E-state index is 13.1. The molecule has 0 bridgehead atoms. The Bertz CT molecular complexity index is 524. The van der Waals surface area contributed by atoms with Crippen LogP contribution < -0.4 is 5.32 Å². The smallest absolute Gasteiger partial charge is 0.126 e. The Morgan fingerprint density at radius 3 is 1.95 bits per heavy atom. The number of benzene rings is 2. The average molecular weight is 257 g/mol. The second-order valence-electron chi connectivity index (χ2n) is 5.11. The first-order chi connectivity index (χ1) is 9.06. The third-order valence-electron chi connectivity index (χ3n) is 3.45. The summed E-state index contributed by atoms with van der Waals surface area (Å²) in [6.45, 7) is 7.63. The van der Waals surface area contributed by atoms with Crippen LogP contribution in [0, 0.1) is 26.6 Å². The number of nitrogens with one attached hydrogen (secondary N) is 1. The molecule has 19 heavy (non-hydrogen) atoms. The van der Waals surface area contributed by atoms with Crippen molar-refractivity contribution in [1.82, 2.24) is 5.32 Å². The van der Waals surface area contributed by atoms with E-state index in [2.05, 4.69) is 37.4 Å². The normalized spacial score (nSPS) is 10.7. The molecular weight excluding hydrogens is 237 g/mol. The summed E-state index contributed by atoms with van der Waals surface area (Å²) in [7, 11) is 0. The van der Waals surface area contributed by atoms with Gasteiger partial charge in [0.25, 0.3) is 0 Å². The average Bonchev–Trinajstić information content (AvgIpc) is 2.38. The van der Waals surface area contributed by atoms with Gasteiger partial charge in [0.15, 0.2) is 0 Å². The fourth-order valence-electron chi connectivity index (χ4n) is 2.08. The van der Waals surface area contributed by atoms with Crippen molar-refractivity contribution in [3.8, 4) is 0 Å². The molecular formula is C17H20FN. The lowest BCUT2D eigenvalue weighted by molar-refractivity contribution is 0.615. The summed E-state index contributed by atoms with van der Waals surface area (Å²) in [5.41, 5.74) is 5.73. The third-order valence-corrected chi connectivity index (χ3v) is 3.45. The highest BCUT2D eigenvalue weighted by Gasteiger charge is 2.00. The Labute approximate surface area is 114 Å². The van der Waals surface area contributed by atoms with E-state index in [-0.39, 0.29) is 5.82 Å². The third kappa shape index (κ3) is 3.65. The van der Waals surface area contributed by atoms with Gasteiger partial charge in [0.2, 0.25) is 0 Å². The van der Waals surface area contributed by atoms with Crippen molar-refractivity contribution in [2.45, 2.75) is 33.9 Å². The molecule has 2 heteroatoms. The zero-order valence-corrected chi connectivity index (χ0v) is 11.8. The number of rotatable bonds is 4. The molecule has 2 rings (SSSR count). The number of halogens is 1. The molecule has 100 valence electrons. The molecule has 2 aromatic carbocycles. The van der Waals surface area contributed by atoms with Crippen LogP contribution in [0.3, 0.4) is 0 Å². The van der Waals surface area contributed by atoms with Crippen molar-refractivity contribution < 1.29 is 4.39 Å². The second kappa shape index (κ2) is 5.98. The summed E-state index contributed by atoms with van der Waals surface area (Å²) in [4.78, 5) is 0. The summed E-state index contributed by atoms with van der Waals surface area (Å²) in [5, 5.41) is 3.39. The monoisotopic (exact) mass is 257 g/mol. The summed E-state index contributed by atoms with van der Waals surface area (Å²) < 4.78 is 13.1. The molecule has 0 amide bonds. The minimum atomic E-state index is -0.141.